The van der Waals surface area contributed by atoms with E-state index in [-0.39, 0.29) is 6.42 Å². The van der Waals surface area contributed by atoms with Crippen LogP contribution in [0.5, 0.6) is 11.5 Å². The van der Waals surface area contributed by atoms with E-state index in [2.05, 4.69) is 22.9 Å². The van der Waals surface area contributed by atoms with Gasteiger partial charge in [0.15, 0.2) is 11.5 Å². The zero-order valence-corrected chi connectivity index (χ0v) is 13.5. The molecule has 0 atom stereocenters. The number of carboxylic acids is 1. The number of hydrogen-bond donors (Lipinski definition) is 1. The fourth-order valence-electron chi connectivity index (χ4n) is 1.84. The lowest BCUT2D eigenvalue weighted by Gasteiger charge is -2.14. The molecule has 0 aromatic heterocycles. The van der Waals surface area contributed by atoms with Crippen molar-refractivity contribution in [2.45, 2.75) is 39.0 Å². The molecule has 0 fully saturated rings. The van der Waals surface area contributed by atoms with Gasteiger partial charge in [0.1, 0.15) is 0 Å². The second-order valence-corrected chi connectivity index (χ2v) is 5.41. The van der Waals surface area contributed by atoms with Gasteiger partial charge in [-0.2, -0.15) is 0 Å². The molecule has 5 heteroatoms. The Bertz CT molecular complexity index is 446. The summed E-state index contributed by atoms with van der Waals surface area (Å²) < 4.78 is 11.9. The van der Waals surface area contributed by atoms with Crippen LogP contribution in [0.4, 0.5) is 0 Å². The number of halogens is 1. The lowest BCUT2D eigenvalue weighted by Crippen LogP contribution is -2.02. The highest BCUT2D eigenvalue weighted by atomic mass is 79.9. The van der Waals surface area contributed by atoms with Crippen LogP contribution in [0.2, 0.25) is 0 Å². The molecular formula is C15H21BrO4. The van der Waals surface area contributed by atoms with E-state index in [1.165, 1.54) is 0 Å². The molecular weight excluding hydrogens is 324 g/mol. The number of carboxylic acid groups (broad SMARTS) is 1. The molecule has 112 valence electrons. The van der Waals surface area contributed by atoms with Crippen LogP contribution in [0.3, 0.4) is 0 Å². The summed E-state index contributed by atoms with van der Waals surface area (Å²) in [5, 5.41) is 8.72. The number of hydrogen-bond acceptors (Lipinski definition) is 3. The number of rotatable bonds is 9. The molecule has 1 aromatic carbocycles. The summed E-state index contributed by atoms with van der Waals surface area (Å²) >= 11 is 3.46. The third-order valence-corrected chi connectivity index (χ3v) is 3.50. The third kappa shape index (κ3) is 5.41. The van der Waals surface area contributed by atoms with Crippen molar-refractivity contribution >= 4 is 21.9 Å². The van der Waals surface area contributed by atoms with Crippen LogP contribution < -0.4 is 9.47 Å². The number of benzene rings is 1. The Kier molecular flexibility index (Phi) is 7.44. The van der Waals surface area contributed by atoms with Gasteiger partial charge in [-0.15, -0.1) is 0 Å². The lowest BCUT2D eigenvalue weighted by atomic mass is 10.1. The normalized spacial score (nSPS) is 10.3. The predicted octanol–water partition coefficient (Wildman–Crippen LogP) is 4.04. The van der Waals surface area contributed by atoms with Crippen molar-refractivity contribution < 1.29 is 19.4 Å². The number of aryl methyl sites for hydroxylation is 1. The molecule has 0 amide bonds. The number of unbranched alkanes of at least 4 members (excludes halogenated alkanes) is 2. The summed E-state index contributed by atoms with van der Waals surface area (Å²) in [6.07, 6.45) is 3.87. The van der Waals surface area contributed by atoms with Crippen molar-refractivity contribution in [3.05, 3.63) is 22.2 Å². The van der Waals surface area contributed by atoms with Crippen molar-refractivity contribution in [1.82, 2.24) is 0 Å². The molecule has 0 saturated carbocycles. The van der Waals surface area contributed by atoms with E-state index in [9.17, 15) is 4.79 Å². The molecule has 1 N–H and O–H groups in total. The molecule has 0 bridgehead atoms. The highest BCUT2D eigenvalue weighted by Crippen LogP contribution is 2.37. The highest BCUT2D eigenvalue weighted by molar-refractivity contribution is 9.10. The highest BCUT2D eigenvalue weighted by Gasteiger charge is 2.12. The van der Waals surface area contributed by atoms with Gasteiger partial charge < -0.3 is 14.6 Å². The Labute approximate surface area is 128 Å². The van der Waals surface area contributed by atoms with Gasteiger partial charge in [-0.1, -0.05) is 19.8 Å². The maximum atomic E-state index is 10.6. The summed E-state index contributed by atoms with van der Waals surface area (Å²) in [5.74, 6) is 0.513. The van der Waals surface area contributed by atoms with E-state index in [4.69, 9.17) is 14.6 Å². The largest absolute Gasteiger partial charge is 0.493 e. The van der Waals surface area contributed by atoms with E-state index >= 15 is 0 Å². The maximum Gasteiger partial charge on any atom is 0.303 e. The van der Waals surface area contributed by atoms with Crippen molar-refractivity contribution in [1.29, 1.82) is 0 Å². The smallest absolute Gasteiger partial charge is 0.303 e. The van der Waals surface area contributed by atoms with Crippen LogP contribution >= 0.6 is 15.9 Å². The van der Waals surface area contributed by atoms with Gasteiger partial charge in [-0.3, -0.25) is 4.79 Å². The average Bonchev–Trinajstić information content (AvgIpc) is 2.42. The van der Waals surface area contributed by atoms with Gasteiger partial charge in [-0.05, 0) is 46.5 Å². The number of aliphatic carboxylic acids is 1. The summed E-state index contributed by atoms with van der Waals surface area (Å²) in [5.41, 5.74) is 0.914. The first-order valence-electron chi connectivity index (χ1n) is 6.79. The third-order valence-electron chi connectivity index (χ3n) is 2.91. The van der Waals surface area contributed by atoms with Crippen LogP contribution in [0, 0.1) is 0 Å². The summed E-state index contributed by atoms with van der Waals surface area (Å²) in [6.45, 7) is 2.80. The molecule has 0 heterocycles. The van der Waals surface area contributed by atoms with Crippen LogP contribution in [0.25, 0.3) is 0 Å². The SMILES string of the molecule is CCCCCOc1c(Br)cc(CCC(=O)O)cc1OC. The van der Waals surface area contributed by atoms with Crippen LogP contribution in [0.15, 0.2) is 16.6 Å². The number of ether oxygens (including phenoxy) is 2. The van der Waals surface area contributed by atoms with Crippen LogP contribution in [-0.4, -0.2) is 24.8 Å². The standard InChI is InChI=1S/C15H21BrO4/c1-3-4-5-8-20-15-12(16)9-11(6-7-14(17)18)10-13(15)19-2/h9-10H,3-8H2,1-2H3,(H,17,18). The quantitative estimate of drug-likeness (QED) is 0.686. The molecule has 1 aromatic rings. The summed E-state index contributed by atoms with van der Waals surface area (Å²) in [7, 11) is 1.58. The van der Waals surface area contributed by atoms with Gasteiger partial charge in [0.25, 0.3) is 0 Å². The minimum atomic E-state index is -0.806. The molecule has 0 aliphatic heterocycles. The van der Waals surface area contributed by atoms with Gasteiger partial charge >= 0.3 is 5.97 Å². The first-order valence-corrected chi connectivity index (χ1v) is 7.58. The van der Waals surface area contributed by atoms with E-state index in [1.54, 1.807) is 7.11 Å². The molecule has 1 rings (SSSR count). The zero-order valence-electron chi connectivity index (χ0n) is 11.9. The van der Waals surface area contributed by atoms with Crippen LogP contribution in [-0.2, 0) is 11.2 Å². The van der Waals surface area contributed by atoms with Crippen molar-refractivity contribution in [2.24, 2.45) is 0 Å². The van der Waals surface area contributed by atoms with E-state index in [0.717, 1.165) is 29.3 Å². The Morgan fingerprint density at radius 1 is 1.35 bits per heavy atom. The van der Waals surface area contributed by atoms with Gasteiger partial charge in [0.2, 0.25) is 0 Å². The molecule has 0 spiro atoms. The van der Waals surface area contributed by atoms with E-state index < -0.39 is 5.97 Å². The zero-order chi connectivity index (χ0) is 15.0. The molecule has 0 aliphatic carbocycles. The fraction of sp³-hybridized carbons (Fsp3) is 0.533. The first-order chi connectivity index (χ1) is 9.58. The van der Waals surface area contributed by atoms with Crippen molar-refractivity contribution in [3.63, 3.8) is 0 Å². The van der Waals surface area contributed by atoms with Gasteiger partial charge in [0, 0.05) is 6.42 Å². The van der Waals surface area contributed by atoms with Crippen molar-refractivity contribution in [3.8, 4) is 11.5 Å². The average molecular weight is 345 g/mol. The molecule has 0 unspecified atom stereocenters. The van der Waals surface area contributed by atoms with E-state index in [0.29, 0.717) is 24.5 Å². The Morgan fingerprint density at radius 2 is 2.10 bits per heavy atom. The second-order valence-electron chi connectivity index (χ2n) is 4.56. The summed E-state index contributed by atoms with van der Waals surface area (Å²) in [6, 6.07) is 3.73. The van der Waals surface area contributed by atoms with Crippen molar-refractivity contribution in [2.75, 3.05) is 13.7 Å². The minimum Gasteiger partial charge on any atom is -0.493 e. The summed E-state index contributed by atoms with van der Waals surface area (Å²) in [4.78, 5) is 10.6. The minimum absolute atomic E-state index is 0.103. The van der Waals surface area contributed by atoms with E-state index in [1.807, 2.05) is 12.1 Å². The molecule has 0 saturated heterocycles. The second kappa shape index (κ2) is 8.84. The first kappa shape index (κ1) is 16.8. The Hall–Kier alpha value is -1.23. The lowest BCUT2D eigenvalue weighted by molar-refractivity contribution is -0.136. The fourth-order valence-corrected chi connectivity index (χ4v) is 2.44. The van der Waals surface area contributed by atoms with Gasteiger partial charge in [-0.25, -0.2) is 0 Å². The Morgan fingerprint density at radius 3 is 2.70 bits per heavy atom. The van der Waals surface area contributed by atoms with Gasteiger partial charge in [0.05, 0.1) is 18.2 Å². The predicted molar refractivity (Wildman–Crippen MR) is 81.7 cm³/mol. The monoisotopic (exact) mass is 344 g/mol. The molecule has 4 nitrogen and oxygen atoms in total. The molecule has 0 radical (unpaired) electrons. The number of carbonyl (C=O) groups is 1. The molecule has 0 aliphatic rings. The Balaban J connectivity index is 2.76. The topological polar surface area (TPSA) is 55.8 Å². The molecule has 20 heavy (non-hydrogen) atoms. The maximum absolute atomic E-state index is 10.6. The van der Waals surface area contributed by atoms with Crippen LogP contribution in [0.1, 0.15) is 38.2 Å². The number of methoxy groups -OCH3 is 1.